The summed E-state index contributed by atoms with van der Waals surface area (Å²) in [5.74, 6) is -2.17. The monoisotopic (exact) mass is 267 g/mol. The molecule has 1 rings (SSSR count). The number of nitrogens with one attached hydrogen (secondary N) is 1. The second-order valence-corrected chi connectivity index (χ2v) is 4.57. The van der Waals surface area contributed by atoms with Gasteiger partial charge in [-0.25, -0.2) is 9.18 Å². The zero-order chi connectivity index (χ0) is 14.6. The number of benzene rings is 1. The molecule has 0 aromatic heterocycles. The average Bonchev–Trinajstić information content (AvgIpc) is 2.34. The molecule has 0 heterocycles. The number of halogens is 1. The maximum absolute atomic E-state index is 13.2. The topological polar surface area (TPSA) is 66.4 Å². The summed E-state index contributed by atoms with van der Waals surface area (Å²) in [7, 11) is 0. The van der Waals surface area contributed by atoms with Crippen LogP contribution in [0.5, 0.6) is 0 Å². The Kier molecular flexibility index (Phi) is 4.64. The number of hydrogen-bond donors (Lipinski definition) is 2. The van der Waals surface area contributed by atoms with Crippen molar-refractivity contribution >= 4 is 11.9 Å². The highest BCUT2D eigenvalue weighted by Gasteiger charge is 2.36. The molecule has 0 aliphatic heterocycles. The Hall–Kier alpha value is -1.91. The summed E-state index contributed by atoms with van der Waals surface area (Å²) >= 11 is 0. The number of rotatable bonds is 5. The molecule has 1 amide bonds. The van der Waals surface area contributed by atoms with E-state index >= 15 is 0 Å². The Morgan fingerprint density at radius 1 is 1.26 bits per heavy atom. The Bertz CT molecular complexity index is 475. The van der Waals surface area contributed by atoms with Crippen molar-refractivity contribution in [3.8, 4) is 0 Å². The van der Waals surface area contributed by atoms with Gasteiger partial charge < -0.3 is 10.4 Å². The van der Waals surface area contributed by atoms with Crippen molar-refractivity contribution < 1.29 is 19.1 Å². The Morgan fingerprint density at radius 3 is 2.26 bits per heavy atom. The molecule has 0 radical (unpaired) electrons. The zero-order valence-corrected chi connectivity index (χ0v) is 11.3. The summed E-state index contributed by atoms with van der Waals surface area (Å²) in [6.07, 6.45) is 0.526. The molecule has 1 aromatic rings. The lowest BCUT2D eigenvalue weighted by atomic mass is 9.92. The zero-order valence-electron chi connectivity index (χ0n) is 11.3. The summed E-state index contributed by atoms with van der Waals surface area (Å²) in [4.78, 5) is 23.3. The largest absolute Gasteiger partial charge is 0.480 e. The van der Waals surface area contributed by atoms with E-state index in [4.69, 9.17) is 0 Å². The Morgan fingerprint density at radius 2 is 1.84 bits per heavy atom. The minimum Gasteiger partial charge on any atom is -0.480 e. The molecule has 0 atom stereocenters. The SMILES string of the molecule is CCC(CC)(NC(=O)c1cc(C)cc(F)c1)C(=O)O. The highest BCUT2D eigenvalue weighted by Crippen LogP contribution is 2.17. The maximum atomic E-state index is 13.2. The van der Waals surface area contributed by atoms with Crippen molar-refractivity contribution in [3.05, 3.63) is 35.1 Å². The van der Waals surface area contributed by atoms with Gasteiger partial charge in [0, 0.05) is 5.56 Å². The normalized spacial score (nSPS) is 11.2. The lowest BCUT2D eigenvalue weighted by Crippen LogP contribution is -2.53. The highest BCUT2D eigenvalue weighted by atomic mass is 19.1. The van der Waals surface area contributed by atoms with Crippen LogP contribution in [0.3, 0.4) is 0 Å². The van der Waals surface area contributed by atoms with E-state index in [1.54, 1.807) is 20.8 Å². The van der Waals surface area contributed by atoms with Gasteiger partial charge >= 0.3 is 5.97 Å². The van der Waals surface area contributed by atoms with Gasteiger partial charge in [0.2, 0.25) is 0 Å². The summed E-state index contributed by atoms with van der Waals surface area (Å²) in [6.45, 7) is 5.05. The van der Waals surface area contributed by atoms with Crippen LogP contribution in [0.4, 0.5) is 4.39 Å². The predicted octanol–water partition coefficient (Wildman–Crippen LogP) is 2.51. The van der Waals surface area contributed by atoms with Gasteiger partial charge in [-0.1, -0.05) is 13.8 Å². The van der Waals surface area contributed by atoms with Crippen LogP contribution in [-0.2, 0) is 4.79 Å². The molecule has 1 aromatic carbocycles. The molecule has 0 unspecified atom stereocenters. The molecule has 0 spiro atoms. The lowest BCUT2D eigenvalue weighted by molar-refractivity contribution is -0.144. The molecule has 19 heavy (non-hydrogen) atoms. The predicted molar refractivity (Wildman–Crippen MR) is 69.6 cm³/mol. The molecule has 0 fully saturated rings. The smallest absolute Gasteiger partial charge is 0.329 e. The van der Waals surface area contributed by atoms with E-state index in [2.05, 4.69) is 5.32 Å². The van der Waals surface area contributed by atoms with E-state index in [0.717, 1.165) is 6.07 Å². The fourth-order valence-electron chi connectivity index (χ4n) is 1.94. The quantitative estimate of drug-likeness (QED) is 0.861. The van der Waals surface area contributed by atoms with E-state index in [0.29, 0.717) is 5.56 Å². The van der Waals surface area contributed by atoms with Crippen LogP contribution in [0.1, 0.15) is 42.6 Å². The molecule has 0 saturated carbocycles. The third-order valence-electron chi connectivity index (χ3n) is 3.27. The fraction of sp³-hybridized carbons (Fsp3) is 0.429. The minimum atomic E-state index is -1.31. The Balaban J connectivity index is 3.03. The van der Waals surface area contributed by atoms with Crippen LogP contribution < -0.4 is 5.32 Å². The van der Waals surface area contributed by atoms with Gasteiger partial charge in [0.05, 0.1) is 0 Å². The number of aliphatic carboxylic acids is 1. The van der Waals surface area contributed by atoms with E-state index in [-0.39, 0.29) is 18.4 Å². The van der Waals surface area contributed by atoms with Gasteiger partial charge in [-0.3, -0.25) is 4.79 Å². The van der Waals surface area contributed by atoms with E-state index in [1.165, 1.54) is 12.1 Å². The second kappa shape index (κ2) is 5.82. The first kappa shape index (κ1) is 15.1. The molecule has 4 nitrogen and oxygen atoms in total. The first-order valence-corrected chi connectivity index (χ1v) is 6.17. The first-order valence-electron chi connectivity index (χ1n) is 6.17. The first-order chi connectivity index (χ1) is 8.84. The fourth-order valence-corrected chi connectivity index (χ4v) is 1.94. The Labute approximate surface area is 111 Å². The van der Waals surface area contributed by atoms with Gasteiger partial charge in [0.1, 0.15) is 11.4 Å². The number of hydrogen-bond acceptors (Lipinski definition) is 2. The third-order valence-corrected chi connectivity index (χ3v) is 3.27. The van der Waals surface area contributed by atoms with Crippen molar-refractivity contribution in [2.45, 2.75) is 39.2 Å². The molecular formula is C14H18FNO3. The number of aryl methyl sites for hydroxylation is 1. The number of carboxylic acids is 1. The van der Waals surface area contributed by atoms with Gasteiger partial charge in [0.15, 0.2) is 0 Å². The maximum Gasteiger partial charge on any atom is 0.329 e. The number of carbonyl (C=O) groups is 2. The second-order valence-electron chi connectivity index (χ2n) is 4.57. The van der Waals surface area contributed by atoms with Gasteiger partial charge in [-0.2, -0.15) is 0 Å². The minimum absolute atomic E-state index is 0.130. The summed E-state index contributed by atoms with van der Waals surface area (Å²) in [5.41, 5.74) is -0.568. The van der Waals surface area contributed by atoms with Gasteiger partial charge in [-0.05, 0) is 43.5 Å². The van der Waals surface area contributed by atoms with Crippen molar-refractivity contribution in [2.24, 2.45) is 0 Å². The molecule has 0 bridgehead atoms. The molecule has 2 N–H and O–H groups in total. The van der Waals surface area contributed by atoms with Gasteiger partial charge in [-0.15, -0.1) is 0 Å². The summed E-state index contributed by atoms with van der Waals surface area (Å²) in [6, 6.07) is 3.93. The van der Waals surface area contributed by atoms with Crippen LogP contribution in [0.2, 0.25) is 0 Å². The van der Waals surface area contributed by atoms with Crippen molar-refractivity contribution in [1.29, 1.82) is 0 Å². The van der Waals surface area contributed by atoms with Crippen molar-refractivity contribution in [3.63, 3.8) is 0 Å². The van der Waals surface area contributed by atoms with Crippen LogP contribution >= 0.6 is 0 Å². The molecular weight excluding hydrogens is 249 g/mol. The standard InChI is InChI=1S/C14H18FNO3/c1-4-14(5-2,13(18)19)16-12(17)10-6-9(3)7-11(15)8-10/h6-8H,4-5H2,1-3H3,(H,16,17)(H,18,19). The van der Waals surface area contributed by atoms with Crippen LogP contribution in [0, 0.1) is 12.7 Å². The lowest BCUT2D eigenvalue weighted by Gasteiger charge is -2.28. The van der Waals surface area contributed by atoms with Crippen LogP contribution in [0.15, 0.2) is 18.2 Å². The summed E-state index contributed by atoms with van der Waals surface area (Å²) in [5, 5.41) is 11.7. The van der Waals surface area contributed by atoms with E-state index in [9.17, 15) is 19.1 Å². The number of carbonyl (C=O) groups excluding carboxylic acids is 1. The van der Waals surface area contributed by atoms with E-state index < -0.39 is 23.2 Å². The number of carboxylic acid groups (broad SMARTS) is 1. The van der Waals surface area contributed by atoms with Crippen molar-refractivity contribution in [1.82, 2.24) is 5.32 Å². The van der Waals surface area contributed by atoms with Crippen molar-refractivity contribution in [2.75, 3.05) is 0 Å². The summed E-state index contributed by atoms with van der Waals surface area (Å²) < 4.78 is 13.2. The van der Waals surface area contributed by atoms with Crippen LogP contribution in [-0.4, -0.2) is 22.5 Å². The molecule has 0 aliphatic carbocycles. The average molecular weight is 267 g/mol. The molecule has 0 aliphatic rings. The third kappa shape index (κ3) is 3.30. The molecule has 104 valence electrons. The van der Waals surface area contributed by atoms with Crippen LogP contribution in [0.25, 0.3) is 0 Å². The van der Waals surface area contributed by atoms with Gasteiger partial charge in [0.25, 0.3) is 5.91 Å². The van der Waals surface area contributed by atoms with E-state index in [1.807, 2.05) is 0 Å². The molecule has 0 saturated heterocycles. The highest BCUT2D eigenvalue weighted by molar-refractivity contribution is 5.98. The number of amides is 1. The molecule has 5 heteroatoms.